The number of benzene rings is 1. The molecule has 2 aromatic rings. The molecular weight excluding hydrogens is 264 g/mol. The van der Waals surface area contributed by atoms with Crippen LogP contribution in [0.1, 0.15) is 28.7 Å². The lowest BCUT2D eigenvalue weighted by atomic mass is 10.1. The minimum absolute atomic E-state index is 0.00102. The average molecular weight is 284 g/mol. The van der Waals surface area contributed by atoms with Crippen LogP contribution in [0.5, 0.6) is 0 Å². The molecule has 1 aliphatic rings. The molecule has 1 aliphatic heterocycles. The van der Waals surface area contributed by atoms with Crippen LogP contribution < -0.4 is 10.2 Å². The molecule has 1 aromatic heterocycles. The van der Waals surface area contributed by atoms with Gasteiger partial charge in [0.15, 0.2) is 0 Å². The molecule has 0 radical (unpaired) electrons. The number of nitrogens with one attached hydrogen (secondary N) is 1. The molecule has 1 N–H and O–H groups in total. The molecule has 5 heteroatoms. The van der Waals surface area contributed by atoms with Gasteiger partial charge in [-0.3, -0.25) is 9.48 Å². The van der Waals surface area contributed by atoms with Gasteiger partial charge in [0.05, 0.1) is 5.69 Å². The van der Waals surface area contributed by atoms with Crippen LogP contribution in [-0.2, 0) is 13.6 Å². The zero-order valence-electron chi connectivity index (χ0n) is 12.6. The van der Waals surface area contributed by atoms with Crippen molar-refractivity contribution < 1.29 is 4.79 Å². The standard InChI is InChI=1S/C16H20N4O/c1-11-8-15(19(3)18-11)16(21)20-10-12(2)17-9-13-6-4-5-7-14(13)20/h4-8,12,17H,9-10H2,1-3H3. The fourth-order valence-corrected chi connectivity index (χ4v) is 2.79. The van der Waals surface area contributed by atoms with Crippen LogP contribution >= 0.6 is 0 Å². The van der Waals surface area contributed by atoms with Crippen molar-refractivity contribution in [3.63, 3.8) is 0 Å². The zero-order valence-corrected chi connectivity index (χ0v) is 12.6. The van der Waals surface area contributed by atoms with E-state index < -0.39 is 0 Å². The Labute approximate surface area is 124 Å². The number of rotatable bonds is 1. The maximum absolute atomic E-state index is 12.9. The van der Waals surface area contributed by atoms with Gasteiger partial charge in [-0.05, 0) is 31.5 Å². The molecule has 0 saturated heterocycles. The van der Waals surface area contributed by atoms with Crippen LogP contribution in [0.2, 0.25) is 0 Å². The molecule has 0 spiro atoms. The summed E-state index contributed by atoms with van der Waals surface area (Å²) in [6.07, 6.45) is 0. The lowest BCUT2D eigenvalue weighted by Gasteiger charge is -2.24. The Bertz CT molecular complexity index is 677. The summed E-state index contributed by atoms with van der Waals surface area (Å²) in [7, 11) is 1.81. The normalized spacial score (nSPS) is 18.2. The first-order valence-corrected chi connectivity index (χ1v) is 7.20. The summed E-state index contributed by atoms with van der Waals surface area (Å²) in [6, 6.07) is 10.1. The number of aryl methyl sites for hydroxylation is 2. The molecule has 3 rings (SSSR count). The molecule has 5 nitrogen and oxygen atoms in total. The van der Waals surface area contributed by atoms with Gasteiger partial charge >= 0.3 is 0 Å². The predicted molar refractivity (Wildman–Crippen MR) is 82.4 cm³/mol. The molecular formula is C16H20N4O. The van der Waals surface area contributed by atoms with Gasteiger partial charge in [0.25, 0.3) is 5.91 Å². The third-order valence-corrected chi connectivity index (χ3v) is 3.85. The molecule has 110 valence electrons. The van der Waals surface area contributed by atoms with E-state index in [4.69, 9.17) is 0 Å². The Kier molecular flexibility index (Phi) is 3.51. The fraction of sp³-hybridized carbons (Fsp3) is 0.375. The Morgan fingerprint density at radius 3 is 2.86 bits per heavy atom. The lowest BCUT2D eigenvalue weighted by molar-refractivity contribution is 0.0976. The summed E-state index contributed by atoms with van der Waals surface area (Å²) in [5, 5.41) is 7.72. The lowest BCUT2D eigenvalue weighted by Crippen LogP contribution is -2.40. The van der Waals surface area contributed by atoms with E-state index in [1.165, 1.54) is 0 Å². The van der Waals surface area contributed by atoms with E-state index in [0.29, 0.717) is 12.2 Å². The Morgan fingerprint density at radius 1 is 1.38 bits per heavy atom. The molecule has 1 atom stereocenters. The SMILES string of the molecule is Cc1cc(C(=O)N2CC(C)NCc3ccccc32)n(C)n1. The third-order valence-electron chi connectivity index (χ3n) is 3.85. The molecule has 0 fully saturated rings. The Hall–Kier alpha value is -2.14. The van der Waals surface area contributed by atoms with Crippen LogP contribution in [0.15, 0.2) is 30.3 Å². The molecule has 0 aliphatic carbocycles. The summed E-state index contributed by atoms with van der Waals surface area (Å²) in [5.74, 6) is 0.00102. The summed E-state index contributed by atoms with van der Waals surface area (Å²) in [4.78, 5) is 14.8. The maximum Gasteiger partial charge on any atom is 0.276 e. The van der Waals surface area contributed by atoms with Crippen molar-refractivity contribution in [2.45, 2.75) is 26.4 Å². The molecule has 0 saturated carbocycles. The fourth-order valence-electron chi connectivity index (χ4n) is 2.79. The Morgan fingerprint density at radius 2 is 2.14 bits per heavy atom. The molecule has 0 bridgehead atoms. The van der Waals surface area contributed by atoms with Gasteiger partial charge in [-0.15, -0.1) is 0 Å². The second kappa shape index (κ2) is 5.33. The van der Waals surface area contributed by atoms with Gasteiger partial charge in [0.1, 0.15) is 5.69 Å². The average Bonchev–Trinajstić information content (AvgIpc) is 2.71. The van der Waals surface area contributed by atoms with Gasteiger partial charge in [-0.1, -0.05) is 18.2 Å². The van der Waals surface area contributed by atoms with Crippen molar-refractivity contribution in [3.8, 4) is 0 Å². The first-order valence-electron chi connectivity index (χ1n) is 7.20. The van der Waals surface area contributed by atoms with Gasteiger partial charge < -0.3 is 10.2 Å². The monoisotopic (exact) mass is 284 g/mol. The second-order valence-electron chi connectivity index (χ2n) is 5.62. The molecule has 1 aromatic carbocycles. The number of amides is 1. The molecule has 1 amide bonds. The number of fused-ring (bicyclic) bond motifs is 1. The highest BCUT2D eigenvalue weighted by Crippen LogP contribution is 2.25. The van der Waals surface area contributed by atoms with E-state index in [-0.39, 0.29) is 11.9 Å². The van der Waals surface area contributed by atoms with Crippen molar-refractivity contribution in [2.75, 3.05) is 11.4 Å². The van der Waals surface area contributed by atoms with Crippen molar-refractivity contribution in [1.82, 2.24) is 15.1 Å². The third kappa shape index (κ3) is 2.56. The van der Waals surface area contributed by atoms with Crippen molar-refractivity contribution >= 4 is 11.6 Å². The van der Waals surface area contributed by atoms with Gasteiger partial charge in [0.2, 0.25) is 0 Å². The van der Waals surface area contributed by atoms with Gasteiger partial charge in [-0.25, -0.2) is 0 Å². The number of anilines is 1. The van der Waals surface area contributed by atoms with Crippen LogP contribution in [0.25, 0.3) is 0 Å². The van der Waals surface area contributed by atoms with E-state index in [1.807, 2.05) is 43.1 Å². The van der Waals surface area contributed by atoms with Crippen molar-refractivity contribution in [3.05, 3.63) is 47.3 Å². The maximum atomic E-state index is 12.9. The number of aromatic nitrogens is 2. The molecule has 2 heterocycles. The largest absolute Gasteiger partial charge is 0.308 e. The van der Waals surface area contributed by atoms with Crippen LogP contribution in [0, 0.1) is 6.92 Å². The second-order valence-corrected chi connectivity index (χ2v) is 5.62. The number of carbonyl (C=O) groups is 1. The highest BCUT2D eigenvalue weighted by molar-refractivity contribution is 6.05. The van der Waals surface area contributed by atoms with Crippen LogP contribution in [-0.4, -0.2) is 28.3 Å². The Balaban J connectivity index is 2.03. The number of nitrogens with zero attached hydrogens (tertiary/aromatic N) is 3. The van der Waals surface area contributed by atoms with E-state index in [0.717, 1.165) is 23.5 Å². The first-order chi connectivity index (χ1) is 10.1. The quantitative estimate of drug-likeness (QED) is 0.869. The topological polar surface area (TPSA) is 50.2 Å². The number of para-hydroxylation sites is 1. The number of carbonyl (C=O) groups excluding carboxylic acids is 1. The van der Waals surface area contributed by atoms with Crippen LogP contribution in [0.4, 0.5) is 5.69 Å². The number of hydrogen-bond acceptors (Lipinski definition) is 3. The minimum atomic E-state index is 0.00102. The summed E-state index contributed by atoms with van der Waals surface area (Å²) < 4.78 is 1.66. The highest BCUT2D eigenvalue weighted by Gasteiger charge is 2.26. The minimum Gasteiger partial charge on any atom is -0.308 e. The predicted octanol–water partition coefficient (Wildman–Crippen LogP) is 1.87. The highest BCUT2D eigenvalue weighted by atomic mass is 16.2. The smallest absolute Gasteiger partial charge is 0.276 e. The summed E-state index contributed by atoms with van der Waals surface area (Å²) in [6.45, 7) is 5.43. The van der Waals surface area contributed by atoms with Crippen molar-refractivity contribution in [1.29, 1.82) is 0 Å². The van der Waals surface area contributed by atoms with Gasteiger partial charge in [-0.2, -0.15) is 5.10 Å². The summed E-state index contributed by atoms with van der Waals surface area (Å²) in [5.41, 5.74) is 3.61. The zero-order chi connectivity index (χ0) is 15.0. The molecule has 21 heavy (non-hydrogen) atoms. The van der Waals surface area contributed by atoms with E-state index in [1.54, 1.807) is 4.68 Å². The number of hydrogen-bond donors (Lipinski definition) is 1. The van der Waals surface area contributed by atoms with E-state index in [9.17, 15) is 4.79 Å². The van der Waals surface area contributed by atoms with Crippen molar-refractivity contribution in [2.24, 2.45) is 7.05 Å². The van der Waals surface area contributed by atoms with Gasteiger partial charge in [0, 0.05) is 31.9 Å². The summed E-state index contributed by atoms with van der Waals surface area (Å²) >= 11 is 0. The first kappa shape index (κ1) is 13.8. The molecule has 1 unspecified atom stereocenters. The van der Waals surface area contributed by atoms with E-state index in [2.05, 4.69) is 23.4 Å². The van der Waals surface area contributed by atoms with Crippen LogP contribution in [0.3, 0.4) is 0 Å². The van der Waals surface area contributed by atoms with E-state index >= 15 is 0 Å².